The van der Waals surface area contributed by atoms with Crippen molar-refractivity contribution in [3.63, 3.8) is 0 Å². The lowest BCUT2D eigenvalue weighted by Gasteiger charge is -2.06. The summed E-state index contributed by atoms with van der Waals surface area (Å²) in [6.45, 7) is 0.954. The molecular weight excluding hydrogens is 451 g/mol. The quantitative estimate of drug-likeness (QED) is 0.489. The first kappa shape index (κ1) is 20.5. The van der Waals surface area contributed by atoms with Crippen LogP contribution in [0, 0.1) is 5.82 Å². The Labute approximate surface area is 170 Å². The third kappa shape index (κ3) is 4.60. The monoisotopic (exact) mass is 468 g/mol. The van der Waals surface area contributed by atoms with E-state index in [1.165, 1.54) is 36.4 Å². The van der Waals surface area contributed by atoms with E-state index >= 15 is 0 Å². The number of benzene rings is 2. The lowest BCUT2D eigenvalue weighted by atomic mass is 10.2. The Balaban J connectivity index is 2.01. The van der Waals surface area contributed by atoms with E-state index in [2.05, 4.69) is 26.2 Å². The molecule has 3 rings (SSSR count). The smallest absolute Gasteiger partial charge is 0.233 e. The van der Waals surface area contributed by atoms with E-state index in [9.17, 15) is 12.8 Å². The van der Waals surface area contributed by atoms with Crippen LogP contribution in [-0.2, 0) is 14.6 Å². The van der Waals surface area contributed by atoms with Gasteiger partial charge in [-0.25, -0.2) is 12.8 Å². The fourth-order valence-electron chi connectivity index (χ4n) is 2.46. The summed E-state index contributed by atoms with van der Waals surface area (Å²) < 4.78 is 50.8. The third-order valence-electron chi connectivity index (χ3n) is 3.88. The normalized spacial score (nSPS) is 11.5. The molecule has 0 aliphatic carbocycles. The average molecular weight is 469 g/mol. The maximum Gasteiger partial charge on any atom is 0.233 e. The van der Waals surface area contributed by atoms with E-state index in [1.807, 2.05) is 0 Å². The van der Waals surface area contributed by atoms with Gasteiger partial charge in [-0.1, -0.05) is 15.9 Å². The second-order valence-electron chi connectivity index (χ2n) is 5.89. The zero-order valence-corrected chi connectivity index (χ0v) is 17.4. The van der Waals surface area contributed by atoms with Crippen molar-refractivity contribution >= 4 is 31.7 Å². The van der Waals surface area contributed by atoms with Crippen molar-refractivity contribution in [3.8, 4) is 11.5 Å². The Morgan fingerprint density at radius 3 is 2.46 bits per heavy atom. The van der Waals surface area contributed by atoms with Gasteiger partial charge >= 0.3 is 0 Å². The Hall–Kier alpha value is -2.23. The minimum absolute atomic E-state index is 0.0401. The number of aromatic nitrogens is 1. The zero-order valence-electron chi connectivity index (χ0n) is 15.0. The van der Waals surface area contributed by atoms with Crippen LogP contribution in [0.3, 0.4) is 0 Å². The number of halogens is 2. The maximum atomic E-state index is 13.2. The summed E-state index contributed by atoms with van der Waals surface area (Å²) in [6.07, 6.45) is 0.654. The number of rotatable bonds is 8. The zero-order chi connectivity index (χ0) is 20.1. The van der Waals surface area contributed by atoms with Crippen LogP contribution in [0.4, 0.5) is 10.3 Å². The number of nitrogens with zero attached hydrogens (tertiary/aromatic N) is 1. The molecule has 0 bridgehead atoms. The predicted octanol–water partition coefficient (Wildman–Crippen LogP) is 4.52. The lowest BCUT2D eigenvalue weighted by Crippen LogP contribution is -2.09. The van der Waals surface area contributed by atoms with Gasteiger partial charge in [0.1, 0.15) is 5.82 Å². The standard InChI is InChI=1S/C19H18BrFN2O4S/c1-26-12-2-11-22-18-19(28(24,25)16-9-5-14(20)6-10-16)23-17(27-18)13-3-7-15(21)8-4-13/h3-10,22H,2,11-12H2,1H3. The molecule has 0 amide bonds. The molecule has 1 aromatic heterocycles. The fraction of sp³-hybridized carbons (Fsp3) is 0.211. The van der Waals surface area contributed by atoms with Gasteiger partial charge in [-0.2, -0.15) is 4.98 Å². The highest BCUT2D eigenvalue weighted by Crippen LogP contribution is 2.32. The molecule has 0 saturated carbocycles. The van der Waals surface area contributed by atoms with Gasteiger partial charge in [-0.15, -0.1) is 0 Å². The molecule has 0 atom stereocenters. The molecule has 6 nitrogen and oxygen atoms in total. The lowest BCUT2D eigenvalue weighted by molar-refractivity contribution is 0.197. The van der Waals surface area contributed by atoms with Crippen molar-refractivity contribution in [1.29, 1.82) is 0 Å². The van der Waals surface area contributed by atoms with Crippen LogP contribution in [0.25, 0.3) is 11.5 Å². The van der Waals surface area contributed by atoms with E-state index in [1.54, 1.807) is 19.2 Å². The summed E-state index contributed by atoms with van der Waals surface area (Å²) in [5, 5.41) is 2.75. The van der Waals surface area contributed by atoms with Crippen molar-refractivity contribution in [1.82, 2.24) is 4.98 Å². The van der Waals surface area contributed by atoms with Gasteiger partial charge in [-0.3, -0.25) is 0 Å². The number of hydrogen-bond acceptors (Lipinski definition) is 6. The first-order chi connectivity index (χ1) is 13.4. The van der Waals surface area contributed by atoms with E-state index in [0.29, 0.717) is 25.1 Å². The van der Waals surface area contributed by atoms with Crippen molar-refractivity contribution < 1.29 is 22.0 Å². The maximum absolute atomic E-state index is 13.2. The highest BCUT2D eigenvalue weighted by Gasteiger charge is 2.28. The molecule has 1 heterocycles. The number of oxazole rings is 1. The fourth-order valence-corrected chi connectivity index (χ4v) is 4.00. The summed E-state index contributed by atoms with van der Waals surface area (Å²) in [4.78, 5) is 4.29. The number of methoxy groups -OCH3 is 1. The summed E-state index contributed by atoms with van der Waals surface area (Å²) >= 11 is 3.29. The molecule has 9 heteroatoms. The number of anilines is 1. The minimum atomic E-state index is -3.92. The van der Waals surface area contributed by atoms with Gasteiger partial charge in [0.2, 0.25) is 26.6 Å². The molecular formula is C19H18BrFN2O4S. The predicted molar refractivity (Wildman–Crippen MR) is 106 cm³/mol. The van der Waals surface area contributed by atoms with Crippen LogP contribution in [0.5, 0.6) is 0 Å². The molecule has 0 spiro atoms. The molecule has 3 aromatic rings. The van der Waals surface area contributed by atoms with Crippen LogP contribution in [0.2, 0.25) is 0 Å². The van der Waals surface area contributed by atoms with Crippen molar-refractivity contribution in [3.05, 3.63) is 58.8 Å². The van der Waals surface area contributed by atoms with Gasteiger partial charge in [0.25, 0.3) is 0 Å². The first-order valence-electron chi connectivity index (χ1n) is 8.42. The summed E-state index contributed by atoms with van der Waals surface area (Å²) in [6, 6.07) is 11.7. The topological polar surface area (TPSA) is 81.4 Å². The highest BCUT2D eigenvalue weighted by molar-refractivity contribution is 9.10. The molecule has 0 aliphatic rings. The van der Waals surface area contributed by atoms with Crippen LogP contribution in [-0.4, -0.2) is 33.7 Å². The molecule has 28 heavy (non-hydrogen) atoms. The average Bonchev–Trinajstić information content (AvgIpc) is 3.11. The van der Waals surface area contributed by atoms with E-state index < -0.39 is 15.7 Å². The minimum Gasteiger partial charge on any atom is -0.419 e. The molecule has 0 radical (unpaired) electrons. The number of sulfone groups is 1. The molecule has 2 aromatic carbocycles. The van der Waals surface area contributed by atoms with Crippen molar-refractivity contribution in [2.75, 3.05) is 25.6 Å². The van der Waals surface area contributed by atoms with Gasteiger partial charge in [0, 0.05) is 30.3 Å². The van der Waals surface area contributed by atoms with Gasteiger partial charge in [0.15, 0.2) is 0 Å². The van der Waals surface area contributed by atoms with E-state index in [-0.39, 0.29) is 21.7 Å². The summed E-state index contributed by atoms with van der Waals surface area (Å²) in [5.74, 6) is -0.279. The second kappa shape index (κ2) is 8.85. The number of nitrogens with one attached hydrogen (secondary N) is 1. The van der Waals surface area contributed by atoms with Gasteiger partial charge < -0.3 is 14.5 Å². The third-order valence-corrected chi connectivity index (χ3v) is 6.08. The van der Waals surface area contributed by atoms with E-state index in [4.69, 9.17) is 9.15 Å². The van der Waals surface area contributed by atoms with Gasteiger partial charge in [-0.05, 0) is 55.0 Å². The Morgan fingerprint density at radius 1 is 1.14 bits per heavy atom. The van der Waals surface area contributed by atoms with Crippen molar-refractivity contribution in [2.24, 2.45) is 0 Å². The molecule has 1 N–H and O–H groups in total. The SMILES string of the molecule is COCCCNc1oc(-c2ccc(F)cc2)nc1S(=O)(=O)c1ccc(Br)cc1. The Kier molecular flexibility index (Phi) is 6.48. The van der Waals surface area contributed by atoms with Crippen LogP contribution in [0.1, 0.15) is 6.42 Å². The largest absolute Gasteiger partial charge is 0.419 e. The number of ether oxygens (including phenoxy) is 1. The second-order valence-corrected chi connectivity index (χ2v) is 8.67. The highest BCUT2D eigenvalue weighted by atomic mass is 79.9. The molecule has 0 saturated heterocycles. The van der Waals surface area contributed by atoms with E-state index in [0.717, 1.165) is 4.47 Å². The summed E-state index contributed by atoms with van der Waals surface area (Å²) in [7, 11) is -2.33. The molecule has 0 aliphatic heterocycles. The number of hydrogen-bond donors (Lipinski definition) is 1. The first-order valence-corrected chi connectivity index (χ1v) is 10.7. The van der Waals surface area contributed by atoms with Crippen LogP contribution >= 0.6 is 15.9 Å². The molecule has 0 fully saturated rings. The van der Waals surface area contributed by atoms with Crippen molar-refractivity contribution in [2.45, 2.75) is 16.3 Å². The molecule has 148 valence electrons. The van der Waals surface area contributed by atoms with Crippen LogP contribution < -0.4 is 5.32 Å². The molecule has 0 unspecified atom stereocenters. The van der Waals surface area contributed by atoms with Crippen LogP contribution in [0.15, 0.2) is 67.3 Å². The van der Waals surface area contributed by atoms with Gasteiger partial charge in [0.05, 0.1) is 4.90 Å². The summed E-state index contributed by atoms with van der Waals surface area (Å²) in [5.41, 5.74) is 0.471. The Morgan fingerprint density at radius 2 is 1.82 bits per heavy atom. The Bertz CT molecular complexity index is 1030.